The first kappa shape index (κ1) is 19.7. The highest BCUT2D eigenvalue weighted by Gasteiger charge is 2.58. The second-order valence-corrected chi connectivity index (χ2v) is 8.22. The van der Waals surface area contributed by atoms with Crippen LogP contribution < -0.4 is 4.90 Å². The molecule has 2 aliphatic rings. The number of hydrogen-bond acceptors (Lipinski definition) is 5. The van der Waals surface area contributed by atoms with Crippen LogP contribution in [0, 0.1) is 11.8 Å². The van der Waals surface area contributed by atoms with Gasteiger partial charge in [-0.25, -0.2) is 9.78 Å². The fourth-order valence-corrected chi connectivity index (χ4v) is 4.29. The lowest BCUT2D eigenvalue weighted by atomic mass is 9.85. The first-order chi connectivity index (χ1) is 12.9. The Morgan fingerprint density at radius 3 is 2.33 bits per heavy atom. The first-order valence-electron chi connectivity index (χ1n) is 10.2. The zero-order valence-electron chi connectivity index (χ0n) is 17.0. The van der Waals surface area contributed by atoms with Crippen LogP contribution in [0.1, 0.15) is 53.4 Å². The topological polar surface area (TPSA) is 69.9 Å². The van der Waals surface area contributed by atoms with Crippen LogP contribution in [0.25, 0.3) is 0 Å². The van der Waals surface area contributed by atoms with Gasteiger partial charge in [0.15, 0.2) is 0 Å². The van der Waals surface area contributed by atoms with Crippen LogP contribution in [-0.4, -0.2) is 58.4 Å². The number of carbonyl (C=O) groups excluding carboxylic acids is 2. The summed E-state index contributed by atoms with van der Waals surface area (Å²) < 4.78 is 5.41. The molecule has 7 heteroatoms. The van der Waals surface area contributed by atoms with Crippen molar-refractivity contribution in [1.29, 1.82) is 0 Å². The van der Waals surface area contributed by atoms with Gasteiger partial charge in [-0.15, -0.1) is 0 Å². The van der Waals surface area contributed by atoms with E-state index in [1.54, 1.807) is 12.5 Å². The van der Waals surface area contributed by atoms with Crippen molar-refractivity contribution >= 4 is 18.0 Å². The van der Waals surface area contributed by atoms with Crippen molar-refractivity contribution in [2.75, 3.05) is 31.1 Å². The molecule has 3 heterocycles. The molecule has 1 aromatic rings. The van der Waals surface area contributed by atoms with Crippen LogP contribution in [0.3, 0.4) is 0 Å². The van der Waals surface area contributed by atoms with Crippen LogP contribution in [-0.2, 0) is 4.79 Å². The number of amides is 3. The highest BCUT2D eigenvalue weighted by atomic mass is 16.4. The third kappa shape index (κ3) is 3.56. The highest BCUT2D eigenvalue weighted by molar-refractivity contribution is 6.07. The van der Waals surface area contributed by atoms with Gasteiger partial charge in [0, 0.05) is 26.2 Å². The SMILES string of the molecule is CCC(CC)CN1C(=O)N(CC(C)C)C2(CCN(c3ncco3)CC2)C1=O. The molecule has 0 saturated carbocycles. The minimum atomic E-state index is -0.712. The van der Waals surface area contributed by atoms with Crippen molar-refractivity contribution in [1.82, 2.24) is 14.8 Å². The summed E-state index contributed by atoms with van der Waals surface area (Å²) in [7, 11) is 0. The van der Waals surface area contributed by atoms with E-state index in [1.165, 1.54) is 4.90 Å². The molecule has 0 aromatic carbocycles. The summed E-state index contributed by atoms with van der Waals surface area (Å²) in [5.41, 5.74) is -0.712. The van der Waals surface area contributed by atoms with Gasteiger partial charge in [0.05, 0.1) is 6.20 Å². The molecule has 0 atom stereocenters. The zero-order chi connectivity index (χ0) is 19.6. The lowest BCUT2D eigenvalue weighted by molar-refractivity contribution is -0.134. The van der Waals surface area contributed by atoms with Gasteiger partial charge in [-0.1, -0.05) is 40.5 Å². The molecule has 2 fully saturated rings. The van der Waals surface area contributed by atoms with Crippen LogP contribution in [0.5, 0.6) is 0 Å². The number of nitrogens with zero attached hydrogens (tertiary/aromatic N) is 4. The molecule has 2 aliphatic heterocycles. The number of rotatable bonds is 7. The van der Waals surface area contributed by atoms with E-state index < -0.39 is 5.54 Å². The first-order valence-corrected chi connectivity index (χ1v) is 10.2. The number of carbonyl (C=O) groups is 2. The summed E-state index contributed by atoms with van der Waals surface area (Å²) in [6.07, 6.45) is 6.38. The maximum atomic E-state index is 13.5. The van der Waals surface area contributed by atoms with E-state index in [0.717, 1.165) is 12.8 Å². The van der Waals surface area contributed by atoms with Crippen LogP contribution >= 0.6 is 0 Å². The number of anilines is 1. The summed E-state index contributed by atoms with van der Waals surface area (Å²) in [5.74, 6) is 0.671. The van der Waals surface area contributed by atoms with Gasteiger partial charge in [-0.3, -0.25) is 9.69 Å². The lowest BCUT2D eigenvalue weighted by Gasteiger charge is -2.42. The largest absolute Gasteiger partial charge is 0.432 e. The molecule has 0 unspecified atom stereocenters. The van der Waals surface area contributed by atoms with Gasteiger partial charge in [-0.2, -0.15) is 0 Å². The predicted molar refractivity (Wildman–Crippen MR) is 103 cm³/mol. The Morgan fingerprint density at radius 1 is 1.15 bits per heavy atom. The number of aromatic nitrogens is 1. The average Bonchev–Trinajstić information content (AvgIpc) is 3.25. The molecule has 7 nitrogen and oxygen atoms in total. The summed E-state index contributed by atoms with van der Waals surface area (Å²) in [5, 5.41) is 0. The molecule has 150 valence electrons. The van der Waals surface area contributed by atoms with E-state index in [2.05, 4.69) is 37.6 Å². The predicted octanol–water partition coefficient (Wildman–Crippen LogP) is 3.37. The molecule has 3 rings (SSSR count). The standard InChI is InChI=1S/C20H32N4O3/c1-5-16(6-2)14-23-17(25)20(24(19(23)26)13-15(3)4)7-10-22(11-8-20)18-21-9-12-27-18/h9,12,15-16H,5-8,10-11,13-14H2,1-4H3. The van der Waals surface area contributed by atoms with Gasteiger partial charge in [0.2, 0.25) is 0 Å². The maximum Gasteiger partial charge on any atom is 0.327 e. The van der Waals surface area contributed by atoms with Crippen molar-refractivity contribution in [2.45, 2.75) is 58.9 Å². The Kier molecular flexibility index (Phi) is 5.77. The minimum Gasteiger partial charge on any atom is -0.432 e. The zero-order valence-corrected chi connectivity index (χ0v) is 17.0. The Balaban J connectivity index is 1.82. The third-order valence-electron chi connectivity index (χ3n) is 6.05. The molecule has 0 radical (unpaired) electrons. The Labute approximate surface area is 161 Å². The van der Waals surface area contributed by atoms with Crippen LogP contribution in [0.15, 0.2) is 16.9 Å². The van der Waals surface area contributed by atoms with Crippen molar-refractivity contribution in [3.63, 3.8) is 0 Å². The van der Waals surface area contributed by atoms with E-state index in [1.807, 2.05) is 4.90 Å². The smallest absolute Gasteiger partial charge is 0.327 e. The second kappa shape index (κ2) is 7.90. The summed E-state index contributed by atoms with van der Waals surface area (Å²) in [6.45, 7) is 10.9. The minimum absolute atomic E-state index is 0.00731. The van der Waals surface area contributed by atoms with Gasteiger partial charge in [0.1, 0.15) is 11.8 Å². The van der Waals surface area contributed by atoms with Crippen molar-refractivity contribution in [2.24, 2.45) is 11.8 Å². The van der Waals surface area contributed by atoms with E-state index in [4.69, 9.17) is 4.42 Å². The molecular formula is C20H32N4O3. The van der Waals surface area contributed by atoms with E-state index in [9.17, 15) is 9.59 Å². The fraction of sp³-hybridized carbons (Fsp3) is 0.750. The quantitative estimate of drug-likeness (QED) is 0.683. The Morgan fingerprint density at radius 2 is 1.81 bits per heavy atom. The van der Waals surface area contributed by atoms with Crippen LogP contribution in [0.2, 0.25) is 0 Å². The maximum absolute atomic E-state index is 13.5. The molecule has 2 saturated heterocycles. The monoisotopic (exact) mass is 376 g/mol. The normalized spacial score (nSPS) is 20.0. The second-order valence-electron chi connectivity index (χ2n) is 8.22. The molecule has 0 N–H and O–H groups in total. The van der Waals surface area contributed by atoms with E-state index >= 15 is 0 Å². The molecule has 0 aliphatic carbocycles. The third-order valence-corrected chi connectivity index (χ3v) is 6.05. The molecule has 27 heavy (non-hydrogen) atoms. The Hall–Kier alpha value is -2.05. The van der Waals surface area contributed by atoms with E-state index in [0.29, 0.717) is 56.9 Å². The highest BCUT2D eigenvalue weighted by Crippen LogP contribution is 2.39. The molecular weight excluding hydrogens is 344 g/mol. The van der Waals surface area contributed by atoms with Gasteiger partial charge in [-0.05, 0) is 24.7 Å². The van der Waals surface area contributed by atoms with Crippen molar-refractivity contribution in [3.8, 4) is 0 Å². The van der Waals surface area contributed by atoms with Gasteiger partial charge < -0.3 is 14.2 Å². The summed E-state index contributed by atoms with van der Waals surface area (Å²) in [4.78, 5) is 36.3. The number of imide groups is 1. The number of hydrogen-bond donors (Lipinski definition) is 0. The van der Waals surface area contributed by atoms with Crippen molar-refractivity contribution in [3.05, 3.63) is 12.5 Å². The van der Waals surface area contributed by atoms with Gasteiger partial charge in [0.25, 0.3) is 11.9 Å². The summed E-state index contributed by atoms with van der Waals surface area (Å²) in [6, 6.07) is 0.482. The Bertz CT molecular complexity index is 646. The average molecular weight is 377 g/mol. The molecule has 1 aromatic heterocycles. The molecule has 0 bridgehead atoms. The number of oxazole rings is 1. The van der Waals surface area contributed by atoms with E-state index in [-0.39, 0.29) is 11.9 Å². The fourth-order valence-electron chi connectivity index (χ4n) is 4.29. The van der Waals surface area contributed by atoms with Crippen molar-refractivity contribution < 1.29 is 14.0 Å². The number of piperidine rings is 1. The molecule has 3 amide bonds. The lowest BCUT2D eigenvalue weighted by Crippen LogP contribution is -2.57. The summed E-state index contributed by atoms with van der Waals surface area (Å²) >= 11 is 0. The van der Waals surface area contributed by atoms with Gasteiger partial charge >= 0.3 is 6.03 Å². The van der Waals surface area contributed by atoms with Crippen LogP contribution in [0.4, 0.5) is 10.8 Å². The molecule has 1 spiro atoms. The number of urea groups is 1.